The molecule has 0 saturated carbocycles. The van der Waals surface area contributed by atoms with Crippen molar-refractivity contribution in [3.63, 3.8) is 0 Å². The Hall–Kier alpha value is -2.16. The second-order valence-electron chi connectivity index (χ2n) is 8.02. The summed E-state index contributed by atoms with van der Waals surface area (Å²) in [5, 5.41) is 14.7. The fraction of sp³-hybridized carbons (Fsp3) is 0.789. The monoisotopic (exact) mass is 397 g/mol. The van der Waals surface area contributed by atoms with Gasteiger partial charge in [0.25, 0.3) is 11.8 Å². The van der Waals surface area contributed by atoms with E-state index in [1.807, 2.05) is 27.7 Å². The average Bonchev–Trinajstić information content (AvgIpc) is 3.30. The standard InChI is InChI=1S/C19H31N3O6/c1-5-11(4)13(18(25)22-8-6-7-12(22)19(26)27)21-17(24)15-14(28-15)16(23)20-9-10(2)3/h10-15H,5-9H2,1-4H3,(H,20,23)(H,21,24)(H,26,27)/t11-,12+,13+,14+,15+/m1/s1. The molecule has 0 bridgehead atoms. The third-order valence-electron chi connectivity index (χ3n) is 5.29. The minimum Gasteiger partial charge on any atom is -0.480 e. The number of carboxylic acid groups (broad SMARTS) is 1. The van der Waals surface area contributed by atoms with Crippen molar-refractivity contribution in [2.24, 2.45) is 11.8 Å². The number of aliphatic carboxylic acids is 1. The first-order valence-electron chi connectivity index (χ1n) is 9.94. The van der Waals surface area contributed by atoms with E-state index in [4.69, 9.17) is 4.74 Å². The number of amides is 3. The van der Waals surface area contributed by atoms with Crippen molar-refractivity contribution >= 4 is 23.7 Å². The van der Waals surface area contributed by atoms with Crippen LogP contribution in [0.25, 0.3) is 0 Å². The average molecular weight is 397 g/mol. The zero-order chi connectivity index (χ0) is 21.0. The van der Waals surface area contributed by atoms with E-state index in [-0.39, 0.29) is 17.7 Å². The fourth-order valence-corrected chi connectivity index (χ4v) is 3.30. The van der Waals surface area contributed by atoms with Crippen LogP contribution in [0, 0.1) is 11.8 Å². The summed E-state index contributed by atoms with van der Waals surface area (Å²) >= 11 is 0. The molecule has 2 saturated heterocycles. The first kappa shape index (κ1) is 22.1. The van der Waals surface area contributed by atoms with E-state index in [1.165, 1.54) is 4.90 Å². The largest absolute Gasteiger partial charge is 0.480 e. The zero-order valence-corrected chi connectivity index (χ0v) is 16.9. The molecule has 0 aromatic heterocycles. The predicted octanol–water partition coefficient (Wildman–Crippen LogP) is 0.133. The molecular formula is C19H31N3O6. The lowest BCUT2D eigenvalue weighted by molar-refractivity contribution is -0.150. The van der Waals surface area contributed by atoms with E-state index < -0.39 is 42.1 Å². The van der Waals surface area contributed by atoms with E-state index >= 15 is 0 Å². The second kappa shape index (κ2) is 9.36. The number of epoxide rings is 1. The topological polar surface area (TPSA) is 128 Å². The van der Waals surface area contributed by atoms with E-state index in [0.29, 0.717) is 32.4 Å². The second-order valence-corrected chi connectivity index (χ2v) is 8.02. The maximum absolute atomic E-state index is 13.0. The Morgan fingerprint density at radius 2 is 1.79 bits per heavy atom. The van der Waals surface area contributed by atoms with Crippen molar-refractivity contribution in [2.45, 2.75) is 71.2 Å². The Bertz CT molecular complexity index is 623. The summed E-state index contributed by atoms with van der Waals surface area (Å²) in [6.07, 6.45) is -0.100. The Morgan fingerprint density at radius 3 is 2.36 bits per heavy atom. The van der Waals surface area contributed by atoms with Crippen LogP contribution in [0.4, 0.5) is 0 Å². The van der Waals surface area contributed by atoms with Gasteiger partial charge >= 0.3 is 5.97 Å². The Labute approximate surface area is 165 Å². The van der Waals surface area contributed by atoms with Crippen LogP contribution in [0.3, 0.4) is 0 Å². The molecule has 2 rings (SSSR count). The molecule has 2 fully saturated rings. The van der Waals surface area contributed by atoms with E-state index in [1.54, 1.807) is 0 Å². The molecule has 2 aliphatic rings. The van der Waals surface area contributed by atoms with Crippen LogP contribution in [0.5, 0.6) is 0 Å². The van der Waals surface area contributed by atoms with Crippen molar-refractivity contribution in [1.82, 2.24) is 15.5 Å². The maximum atomic E-state index is 13.0. The Kier molecular flexibility index (Phi) is 7.40. The lowest BCUT2D eigenvalue weighted by Crippen LogP contribution is -2.55. The number of carboxylic acids is 1. The molecule has 0 aromatic carbocycles. The highest BCUT2D eigenvalue weighted by atomic mass is 16.6. The van der Waals surface area contributed by atoms with Gasteiger partial charge in [-0.05, 0) is 24.7 Å². The number of nitrogens with zero attached hydrogens (tertiary/aromatic N) is 1. The lowest BCUT2D eigenvalue weighted by atomic mass is 9.97. The molecule has 0 aromatic rings. The van der Waals surface area contributed by atoms with Crippen LogP contribution in [0.15, 0.2) is 0 Å². The summed E-state index contributed by atoms with van der Waals surface area (Å²) < 4.78 is 5.21. The molecule has 5 atom stereocenters. The van der Waals surface area contributed by atoms with Crippen molar-refractivity contribution in [3.05, 3.63) is 0 Å². The summed E-state index contributed by atoms with van der Waals surface area (Å²) in [5.74, 6) is -2.19. The highest BCUT2D eigenvalue weighted by Crippen LogP contribution is 2.25. The quantitative estimate of drug-likeness (QED) is 0.475. The maximum Gasteiger partial charge on any atom is 0.326 e. The highest BCUT2D eigenvalue weighted by Gasteiger charge is 2.51. The minimum atomic E-state index is -1.03. The third-order valence-corrected chi connectivity index (χ3v) is 5.29. The summed E-state index contributed by atoms with van der Waals surface area (Å²) in [6.45, 7) is 8.50. The van der Waals surface area contributed by atoms with Gasteiger partial charge < -0.3 is 25.4 Å². The van der Waals surface area contributed by atoms with E-state index in [9.17, 15) is 24.3 Å². The molecule has 0 aliphatic carbocycles. The predicted molar refractivity (Wildman–Crippen MR) is 100 cm³/mol. The van der Waals surface area contributed by atoms with Gasteiger partial charge in [0.05, 0.1) is 0 Å². The van der Waals surface area contributed by atoms with Crippen molar-refractivity contribution < 1.29 is 29.0 Å². The number of rotatable bonds is 9. The van der Waals surface area contributed by atoms with Gasteiger partial charge in [0.15, 0.2) is 12.2 Å². The molecule has 9 nitrogen and oxygen atoms in total. The van der Waals surface area contributed by atoms with Gasteiger partial charge in [0.1, 0.15) is 12.1 Å². The normalized spacial score (nSPS) is 25.9. The molecule has 3 amide bonds. The van der Waals surface area contributed by atoms with Crippen LogP contribution >= 0.6 is 0 Å². The van der Waals surface area contributed by atoms with Gasteiger partial charge in [-0.3, -0.25) is 14.4 Å². The summed E-state index contributed by atoms with van der Waals surface area (Å²) in [7, 11) is 0. The molecule has 28 heavy (non-hydrogen) atoms. The molecule has 2 heterocycles. The number of carbonyl (C=O) groups is 4. The third kappa shape index (κ3) is 5.21. The Morgan fingerprint density at radius 1 is 1.14 bits per heavy atom. The van der Waals surface area contributed by atoms with Crippen molar-refractivity contribution in [2.75, 3.05) is 13.1 Å². The van der Waals surface area contributed by atoms with Gasteiger partial charge in [0.2, 0.25) is 5.91 Å². The Balaban J connectivity index is 1.99. The molecule has 3 N–H and O–H groups in total. The number of hydrogen-bond acceptors (Lipinski definition) is 5. The lowest BCUT2D eigenvalue weighted by Gasteiger charge is -2.30. The summed E-state index contributed by atoms with van der Waals surface area (Å²) in [5.41, 5.74) is 0. The number of nitrogens with one attached hydrogen (secondary N) is 2. The van der Waals surface area contributed by atoms with Crippen LogP contribution in [-0.2, 0) is 23.9 Å². The van der Waals surface area contributed by atoms with E-state index in [2.05, 4.69) is 10.6 Å². The first-order chi connectivity index (χ1) is 13.2. The molecule has 9 heteroatoms. The highest BCUT2D eigenvalue weighted by molar-refractivity contribution is 5.97. The number of ether oxygens (including phenoxy) is 1. The molecule has 158 valence electrons. The van der Waals surface area contributed by atoms with Gasteiger partial charge in [-0.15, -0.1) is 0 Å². The minimum absolute atomic E-state index is 0.182. The fourth-order valence-electron chi connectivity index (χ4n) is 3.30. The summed E-state index contributed by atoms with van der Waals surface area (Å²) in [6, 6.07) is -1.70. The van der Waals surface area contributed by atoms with E-state index in [0.717, 1.165) is 0 Å². The van der Waals surface area contributed by atoms with Gasteiger partial charge in [-0.2, -0.15) is 0 Å². The summed E-state index contributed by atoms with van der Waals surface area (Å²) in [4.78, 5) is 50.2. The SMILES string of the molecule is CC[C@@H](C)[C@H](NC(=O)[C@H]1O[C@@H]1C(=O)NCC(C)C)C(=O)N1CCC[C@H]1C(=O)O. The van der Waals surface area contributed by atoms with Gasteiger partial charge in [0, 0.05) is 13.1 Å². The van der Waals surface area contributed by atoms with Gasteiger partial charge in [-0.1, -0.05) is 34.1 Å². The molecule has 2 aliphatic heterocycles. The van der Waals surface area contributed by atoms with Crippen LogP contribution in [0.2, 0.25) is 0 Å². The van der Waals surface area contributed by atoms with Crippen molar-refractivity contribution in [3.8, 4) is 0 Å². The zero-order valence-electron chi connectivity index (χ0n) is 16.9. The van der Waals surface area contributed by atoms with Crippen LogP contribution < -0.4 is 10.6 Å². The molecule has 0 spiro atoms. The first-order valence-corrected chi connectivity index (χ1v) is 9.94. The molecule has 0 unspecified atom stereocenters. The van der Waals surface area contributed by atoms with Crippen molar-refractivity contribution in [1.29, 1.82) is 0 Å². The number of likely N-dealkylation sites (tertiary alicyclic amines) is 1. The van der Waals surface area contributed by atoms with Gasteiger partial charge in [-0.25, -0.2) is 4.79 Å². The smallest absolute Gasteiger partial charge is 0.326 e. The van der Waals surface area contributed by atoms with Crippen LogP contribution in [-0.4, -0.2) is 71.1 Å². The molecule has 0 radical (unpaired) electrons. The number of hydrogen-bond donors (Lipinski definition) is 3. The molecular weight excluding hydrogens is 366 g/mol. The number of carbonyl (C=O) groups excluding carboxylic acids is 3. The van der Waals surface area contributed by atoms with Crippen LogP contribution in [0.1, 0.15) is 47.0 Å².